The molecule has 2 amide bonds. The zero-order valence-corrected chi connectivity index (χ0v) is 9.96. The van der Waals surface area contributed by atoms with Crippen molar-refractivity contribution in [2.75, 3.05) is 6.54 Å². The van der Waals surface area contributed by atoms with Gasteiger partial charge in [-0.3, -0.25) is 9.59 Å². The number of nitrogens with one attached hydrogen (secondary N) is 2. The van der Waals surface area contributed by atoms with E-state index in [2.05, 4.69) is 10.6 Å². The lowest BCUT2D eigenvalue weighted by Crippen LogP contribution is -2.37. The molecule has 1 aromatic carbocycles. The molecule has 1 saturated heterocycles. The highest BCUT2D eigenvalue weighted by atomic mass is 35.5. The molecule has 1 aliphatic rings. The lowest BCUT2D eigenvalue weighted by atomic mass is 10.1. The Labute approximate surface area is 104 Å². The Morgan fingerprint density at radius 2 is 2.12 bits per heavy atom. The van der Waals surface area contributed by atoms with E-state index >= 15 is 0 Å². The van der Waals surface area contributed by atoms with Gasteiger partial charge in [-0.2, -0.15) is 0 Å². The van der Waals surface area contributed by atoms with Crippen molar-refractivity contribution in [3.05, 3.63) is 34.9 Å². The first-order chi connectivity index (χ1) is 8.13. The summed E-state index contributed by atoms with van der Waals surface area (Å²) < 4.78 is 0. The van der Waals surface area contributed by atoms with Crippen LogP contribution in [0.5, 0.6) is 0 Å². The highest BCUT2D eigenvalue weighted by Gasteiger charge is 2.22. The molecule has 17 heavy (non-hydrogen) atoms. The molecule has 1 fully saturated rings. The molecule has 1 aliphatic heterocycles. The van der Waals surface area contributed by atoms with Gasteiger partial charge >= 0.3 is 0 Å². The molecule has 0 spiro atoms. The van der Waals surface area contributed by atoms with E-state index in [-0.39, 0.29) is 17.9 Å². The van der Waals surface area contributed by atoms with Crippen molar-refractivity contribution in [1.29, 1.82) is 0 Å². The molecular formula is C12H13ClN2O2. The summed E-state index contributed by atoms with van der Waals surface area (Å²) >= 11 is 5.76. The first-order valence-corrected chi connectivity index (χ1v) is 5.82. The first kappa shape index (κ1) is 11.9. The Kier molecular flexibility index (Phi) is 3.64. The van der Waals surface area contributed by atoms with E-state index in [0.29, 0.717) is 24.4 Å². The number of hydrogen-bond acceptors (Lipinski definition) is 2. The van der Waals surface area contributed by atoms with Gasteiger partial charge in [0, 0.05) is 18.0 Å². The minimum Gasteiger partial charge on any atom is -0.354 e. The van der Waals surface area contributed by atoms with E-state index in [1.165, 1.54) is 0 Å². The van der Waals surface area contributed by atoms with Crippen LogP contribution in [0.1, 0.15) is 12.0 Å². The van der Waals surface area contributed by atoms with Gasteiger partial charge in [-0.25, -0.2) is 0 Å². The van der Waals surface area contributed by atoms with Crippen LogP contribution in [0.4, 0.5) is 0 Å². The van der Waals surface area contributed by atoms with Crippen LogP contribution >= 0.6 is 11.6 Å². The number of benzene rings is 1. The molecule has 0 aliphatic carbocycles. The van der Waals surface area contributed by atoms with Crippen LogP contribution in [0.25, 0.3) is 0 Å². The minimum atomic E-state index is -0.0812. The van der Waals surface area contributed by atoms with Crippen LogP contribution in [0.2, 0.25) is 5.02 Å². The van der Waals surface area contributed by atoms with E-state index in [1.807, 2.05) is 12.1 Å². The highest BCUT2D eigenvalue weighted by molar-refractivity contribution is 6.30. The van der Waals surface area contributed by atoms with E-state index in [4.69, 9.17) is 11.6 Å². The number of amides is 2. The van der Waals surface area contributed by atoms with Crippen LogP contribution < -0.4 is 10.6 Å². The second-order valence-electron chi connectivity index (χ2n) is 4.08. The quantitative estimate of drug-likeness (QED) is 0.839. The molecule has 0 bridgehead atoms. The molecule has 0 saturated carbocycles. The topological polar surface area (TPSA) is 58.2 Å². The maximum Gasteiger partial charge on any atom is 0.224 e. The van der Waals surface area contributed by atoms with Gasteiger partial charge in [0.2, 0.25) is 11.8 Å². The van der Waals surface area contributed by atoms with Crippen LogP contribution in [0.3, 0.4) is 0 Å². The monoisotopic (exact) mass is 252 g/mol. The van der Waals surface area contributed by atoms with Crippen LogP contribution in [-0.4, -0.2) is 24.4 Å². The number of hydrogen-bond donors (Lipinski definition) is 2. The molecule has 1 atom stereocenters. The van der Waals surface area contributed by atoms with Gasteiger partial charge in [0.15, 0.2) is 0 Å². The van der Waals surface area contributed by atoms with Crippen LogP contribution in [-0.2, 0) is 16.0 Å². The van der Waals surface area contributed by atoms with Crippen LogP contribution in [0.15, 0.2) is 24.3 Å². The molecule has 90 valence electrons. The summed E-state index contributed by atoms with van der Waals surface area (Å²) in [5.41, 5.74) is 0.907. The summed E-state index contributed by atoms with van der Waals surface area (Å²) in [6.07, 6.45) is 0.675. The van der Waals surface area contributed by atoms with Gasteiger partial charge in [0.1, 0.15) is 0 Å². The lowest BCUT2D eigenvalue weighted by molar-refractivity contribution is -0.121. The average Bonchev–Trinajstić information content (AvgIpc) is 2.67. The Morgan fingerprint density at radius 3 is 2.71 bits per heavy atom. The van der Waals surface area contributed by atoms with Gasteiger partial charge in [0.25, 0.3) is 0 Å². The zero-order chi connectivity index (χ0) is 12.3. The van der Waals surface area contributed by atoms with E-state index in [9.17, 15) is 9.59 Å². The van der Waals surface area contributed by atoms with E-state index in [1.54, 1.807) is 12.1 Å². The van der Waals surface area contributed by atoms with Crippen molar-refractivity contribution in [1.82, 2.24) is 10.6 Å². The smallest absolute Gasteiger partial charge is 0.224 e. The van der Waals surface area contributed by atoms with Crippen molar-refractivity contribution in [3.8, 4) is 0 Å². The van der Waals surface area contributed by atoms with Gasteiger partial charge in [-0.05, 0) is 17.7 Å². The van der Waals surface area contributed by atoms with Gasteiger partial charge < -0.3 is 10.6 Å². The number of rotatable bonds is 3. The first-order valence-electron chi connectivity index (χ1n) is 5.44. The molecule has 0 unspecified atom stereocenters. The molecule has 2 N–H and O–H groups in total. The second-order valence-corrected chi connectivity index (χ2v) is 4.51. The molecule has 0 aromatic heterocycles. The SMILES string of the molecule is O=C1C[C@@H](NC(=O)Cc2ccc(Cl)cc2)CN1. The van der Waals surface area contributed by atoms with E-state index in [0.717, 1.165) is 5.56 Å². The predicted molar refractivity (Wildman–Crippen MR) is 64.7 cm³/mol. The minimum absolute atomic E-state index is 0.0122. The molecule has 2 rings (SSSR count). The third-order valence-corrected chi connectivity index (χ3v) is 2.87. The van der Waals surface area contributed by atoms with Gasteiger partial charge in [-0.15, -0.1) is 0 Å². The summed E-state index contributed by atoms with van der Waals surface area (Å²) in [5.74, 6) is -0.0874. The largest absolute Gasteiger partial charge is 0.354 e. The number of carbonyl (C=O) groups excluding carboxylic acids is 2. The highest BCUT2D eigenvalue weighted by Crippen LogP contribution is 2.10. The van der Waals surface area contributed by atoms with E-state index < -0.39 is 0 Å². The second kappa shape index (κ2) is 5.19. The Morgan fingerprint density at radius 1 is 1.41 bits per heavy atom. The fraction of sp³-hybridized carbons (Fsp3) is 0.333. The Bertz CT molecular complexity index is 431. The maximum atomic E-state index is 11.7. The van der Waals surface area contributed by atoms with Crippen molar-refractivity contribution >= 4 is 23.4 Å². The lowest BCUT2D eigenvalue weighted by Gasteiger charge is -2.10. The fourth-order valence-corrected chi connectivity index (χ4v) is 1.90. The van der Waals surface area contributed by atoms with Gasteiger partial charge in [0.05, 0.1) is 12.5 Å². The standard InChI is InChI=1S/C12H13ClN2O2/c13-9-3-1-8(2-4-9)5-12(17)15-10-6-11(16)14-7-10/h1-4,10H,5-7H2,(H,14,16)(H,15,17)/t10-/m1/s1. The fourth-order valence-electron chi connectivity index (χ4n) is 1.77. The number of carbonyl (C=O) groups is 2. The number of halogens is 1. The third-order valence-electron chi connectivity index (χ3n) is 2.62. The summed E-state index contributed by atoms with van der Waals surface area (Å²) in [7, 11) is 0. The van der Waals surface area contributed by atoms with Gasteiger partial charge in [-0.1, -0.05) is 23.7 Å². The Balaban J connectivity index is 1.85. The van der Waals surface area contributed by atoms with Crippen molar-refractivity contribution in [2.24, 2.45) is 0 Å². The van der Waals surface area contributed by atoms with Crippen molar-refractivity contribution in [3.63, 3.8) is 0 Å². The molecule has 1 heterocycles. The molecule has 1 aromatic rings. The summed E-state index contributed by atoms with van der Waals surface area (Å²) in [4.78, 5) is 22.6. The third kappa shape index (κ3) is 3.46. The zero-order valence-electron chi connectivity index (χ0n) is 9.20. The average molecular weight is 253 g/mol. The molecule has 5 heteroatoms. The maximum absolute atomic E-state index is 11.7. The van der Waals surface area contributed by atoms with Crippen LogP contribution in [0, 0.1) is 0 Å². The summed E-state index contributed by atoms with van der Waals surface area (Å²) in [6, 6.07) is 7.07. The normalized spacial score (nSPS) is 18.9. The predicted octanol–water partition coefficient (Wildman–Crippen LogP) is 0.887. The van der Waals surface area contributed by atoms with Crippen molar-refractivity contribution in [2.45, 2.75) is 18.9 Å². The summed E-state index contributed by atoms with van der Waals surface area (Å²) in [5, 5.41) is 6.14. The molecular weight excluding hydrogens is 240 g/mol. The van der Waals surface area contributed by atoms with Crippen molar-refractivity contribution < 1.29 is 9.59 Å². The molecule has 0 radical (unpaired) electrons. The molecule has 4 nitrogen and oxygen atoms in total. The summed E-state index contributed by atoms with van der Waals surface area (Å²) in [6.45, 7) is 0.519. The Hall–Kier alpha value is -1.55.